The first-order chi connectivity index (χ1) is 18.4. The second-order valence-corrected chi connectivity index (χ2v) is 7.15. The van der Waals surface area contributed by atoms with Gasteiger partial charge in [0.05, 0.1) is 6.20 Å². The zero-order chi connectivity index (χ0) is 28.8. The first-order valence-corrected chi connectivity index (χ1v) is 12.4. The number of carbonyl (C=O) groups excluding carboxylic acids is 2. The van der Waals surface area contributed by atoms with Crippen molar-refractivity contribution in [3.05, 3.63) is 79.2 Å². The molecule has 1 heterocycles. The van der Waals surface area contributed by atoms with Crippen LogP contribution in [0.25, 0.3) is 0 Å². The van der Waals surface area contributed by atoms with E-state index in [0.717, 1.165) is 0 Å². The van der Waals surface area contributed by atoms with Crippen molar-refractivity contribution in [2.75, 3.05) is 43.6 Å². The highest BCUT2D eigenvalue weighted by Crippen LogP contribution is 2.23. The van der Waals surface area contributed by atoms with Crippen molar-refractivity contribution in [2.45, 2.75) is 27.7 Å². The smallest absolute Gasteiger partial charge is 0.248 e. The summed E-state index contributed by atoms with van der Waals surface area (Å²) in [5.41, 5.74) is 1.27. The van der Waals surface area contributed by atoms with Crippen molar-refractivity contribution < 1.29 is 14.7 Å². The Hall–Kier alpha value is -4.44. The molecule has 1 aromatic carbocycles. The van der Waals surface area contributed by atoms with E-state index >= 15 is 0 Å². The summed E-state index contributed by atoms with van der Waals surface area (Å²) in [6.07, 6.45) is 14.2. The molecule has 1 aromatic heterocycles. The largest absolute Gasteiger partial charge is 0.503 e. The Morgan fingerprint density at radius 1 is 0.974 bits per heavy atom. The van der Waals surface area contributed by atoms with Gasteiger partial charge in [-0.15, -0.1) is 0 Å². The third-order valence-corrected chi connectivity index (χ3v) is 4.04. The van der Waals surface area contributed by atoms with Crippen LogP contribution >= 0.6 is 0 Å². The van der Waals surface area contributed by atoms with Crippen molar-refractivity contribution >= 4 is 35.0 Å². The summed E-state index contributed by atoms with van der Waals surface area (Å²) in [6, 6.07) is 7.11. The minimum Gasteiger partial charge on any atom is -0.503 e. The number of anilines is 4. The average molecular weight is 524 g/mol. The quantitative estimate of drug-likeness (QED) is 0.209. The second kappa shape index (κ2) is 20.7. The maximum Gasteiger partial charge on any atom is 0.248 e. The molecule has 0 bridgehead atoms. The summed E-state index contributed by atoms with van der Waals surface area (Å²) in [4.78, 5) is 33.4. The number of rotatable bonds is 11. The molecule has 10 nitrogen and oxygen atoms in total. The van der Waals surface area contributed by atoms with Gasteiger partial charge in [-0.05, 0) is 38.4 Å². The van der Waals surface area contributed by atoms with Crippen molar-refractivity contribution in [3.8, 4) is 5.75 Å². The summed E-state index contributed by atoms with van der Waals surface area (Å²) in [5.74, 6) is -0.0753. The highest BCUT2D eigenvalue weighted by atomic mass is 16.3. The molecule has 10 heteroatoms. The second-order valence-electron chi connectivity index (χ2n) is 7.15. The number of carbonyl (C=O) groups is 2. The normalized spacial score (nSPS) is 10.7. The van der Waals surface area contributed by atoms with Crippen molar-refractivity contribution in [1.82, 2.24) is 20.2 Å². The van der Waals surface area contributed by atoms with E-state index in [9.17, 15) is 14.7 Å². The summed E-state index contributed by atoms with van der Waals surface area (Å²) in [5, 5.41) is 21.2. The Kier molecular flexibility index (Phi) is 18.3. The van der Waals surface area contributed by atoms with Crippen LogP contribution in [0.5, 0.6) is 5.75 Å². The number of likely N-dealkylation sites (N-methyl/N-ethyl adjacent to an activating group) is 2. The van der Waals surface area contributed by atoms with Gasteiger partial charge in [-0.2, -0.15) is 4.98 Å². The monoisotopic (exact) mass is 523 g/mol. The molecule has 0 saturated heterocycles. The molecule has 0 fully saturated rings. The molecular formula is C28H41N7O3. The molecule has 2 amide bonds. The molecule has 5 N–H and O–H groups in total. The Morgan fingerprint density at radius 2 is 1.66 bits per heavy atom. The van der Waals surface area contributed by atoms with Gasteiger partial charge in [0.15, 0.2) is 11.6 Å². The van der Waals surface area contributed by atoms with E-state index in [4.69, 9.17) is 0 Å². The van der Waals surface area contributed by atoms with Crippen LogP contribution in [0.1, 0.15) is 27.7 Å². The molecule has 0 atom stereocenters. The zero-order valence-corrected chi connectivity index (χ0v) is 23.3. The molecule has 38 heavy (non-hydrogen) atoms. The topological polar surface area (TPSA) is 132 Å². The number of allylic oxidation sites excluding steroid dienone is 4. The van der Waals surface area contributed by atoms with E-state index in [2.05, 4.69) is 31.2 Å². The van der Waals surface area contributed by atoms with Gasteiger partial charge in [-0.1, -0.05) is 58.1 Å². The van der Waals surface area contributed by atoms with Crippen LogP contribution < -0.4 is 21.3 Å². The van der Waals surface area contributed by atoms with Gasteiger partial charge in [-0.3, -0.25) is 9.59 Å². The van der Waals surface area contributed by atoms with E-state index in [-0.39, 0.29) is 29.3 Å². The van der Waals surface area contributed by atoms with Crippen LogP contribution in [-0.2, 0) is 9.59 Å². The molecular weight excluding hydrogens is 482 g/mol. The van der Waals surface area contributed by atoms with Crippen LogP contribution in [-0.4, -0.2) is 59.5 Å². The molecule has 0 unspecified atom stereocenters. The SMILES string of the molecule is CC.CC.CNC(=O)/C=C/C=C\C=C\Nc1nc(Nc2cccc(NC(=O)/C=C/CN(C)C)c2)ncc1O. The van der Waals surface area contributed by atoms with Crippen molar-refractivity contribution in [2.24, 2.45) is 0 Å². The lowest BCUT2D eigenvalue weighted by atomic mass is 10.2. The van der Waals surface area contributed by atoms with Gasteiger partial charge in [0.2, 0.25) is 17.8 Å². The minimum absolute atomic E-state index is 0.121. The fraction of sp³-hybridized carbons (Fsp3) is 0.286. The van der Waals surface area contributed by atoms with E-state index in [1.807, 2.05) is 46.7 Å². The predicted molar refractivity (Wildman–Crippen MR) is 158 cm³/mol. The van der Waals surface area contributed by atoms with Crippen LogP contribution in [0.3, 0.4) is 0 Å². The van der Waals surface area contributed by atoms with Crippen LogP contribution in [0, 0.1) is 0 Å². The Balaban J connectivity index is 0.00000326. The third kappa shape index (κ3) is 14.8. The number of hydrogen-bond acceptors (Lipinski definition) is 8. The lowest BCUT2D eigenvalue weighted by molar-refractivity contribution is -0.116. The van der Waals surface area contributed by atoms with E-state index < -0.39 is 0 Å². The summed E-state index contributed by atoms with van der Waals surface area (Å²) < 4.78 is 0. The van der Waals surface area contributed by atoms with E-state index in [1.165, 1.54) is 18.3 Å². The Labute approximate surface area is 226 Å². The standard InChI is InChI=1S/C24H29N7O3.2C2H6/c1-25-21(33)12-6-4-5-7-14-26-23-20(32)17-27-24(30-23)29-19-11-8-10-18(16-19)28-22(34)13-9-15-31(2)3;2*1-2/h4-14,16-17,32H,15H2,1-3H3,(H,25,33)(H,28,34)(H2,26,27,29,30);2*1-2H3/b5-4-,12-6+,13-9+,14-7+;;. The van der Waals surface area contributed by atoms with Gasteiger partial charge in [0, 0.05) is 43.3 Å². The first kappa shape index (κ1) is 33.6. The molecule has 0 saturated carbocycles. The Morgan fingerprint density at radius 3 is 2.34 bits per heavy atom. The lowest BCUT2D eigenvalue weighted by Crippen LogP contribution is -2.13. The summed E-state index contributed by atoms with van der Waals surface area (Å²) >= 11 is 0. The molecule has 2 aromatic rings. The highest BCUT2D eigenvalue weighted by Gasteiger charge is 2.06. The lowest BCUT2D eigenvalue weighted by Gasteiger charge is -2.09. The van der Waals surface area contributed by atoms with E-state index in [1.54, 1.807) is 67.9 Å². The zero-order valence-electron chi connectivity index (χ0n) is 23.3. The van der Waals surface area contributed by atoms with Crippen LogP contribution in [0.4, 0.5) is 23.1 Å². The number of nitrogens with one attached hydrogen (secondary N) is 4. The molecule has 206 valence electrons. The van der Waals surface area contributed by atoms with Gasteiger partial charge in [0.1, 0.15) is 0 Å². The van der Waals surface area contributed by atoms with Crippen LogP contribution in [0.2, 0.25) is 0 Å². The van der Waals surface area contributed by atoms with Crippen molar-refractivity contribution in [1.29, 1.82) is 0 Å². The molecule has 0 radical (unpaired) electrons. The minimum atomic E-state index is -0.226. The van der Waals surface area contributed by atoms with Gasteiger partial charge in [-0.25, -0.2) is 4.98 Å². The maximum absolute atomic E-state index is 12.0. The number of hydrogen-bond donors (Lipinski definition) is 5. The third-order valence-electron chi connectivity index (χ3n) is 4.04. The number of aromatic nitrogens is 2. The number of nitrogens with zero attached hydrogens (tertiary/aromatic N) is 3. The molecule has 0 spiro atoms. The van der Waals surface area contributed by atoms with Gasteiger partial charge < -0.3 is 31.3 Å². The van der Waals surface area contributed by atoms with Gasteiger partial charge in [0.25, 0.3) is 0 Å². The molecule has 2 rings (SSSR count). The van der Waals surface area contributed by atoms with Crippen molar-refractivity contribution in [3.63, 3.8) is 0 Å². The maximum atomic E-state index is 12.0. The molecule has 0 aliphatic rings. The number of aromatic hydroxyl groups is 1. The summed E-state index contributed by atoms with van der Waals surface area (Å²) in [6.45, 7) is 8.67. The fourth-order valence-electron chi connectivity index (χ4n) is 2.44. The highest BCUT2D eigenvalue weighted by molar-refractivity contribution is 5.99. The first-order valence-electron chi connectivity index (χ1n) is 12.4. The fourth-order valence-corrected chi connectivity index (χ4v) is 2.44. The number of benzene rings is 1. The summed E-state index contributed by atoms with van der Waals surface area (Å²) in [7, 11) is 5.40. The molecule has 0 aliphatic heterocycles. The van der Waals surface area contributed by atoms with Gasteiger partial charge >= 0.3 is 0 Å². The van der Waals surface area contributed by atoms with E-state index in [0.29, 0.717) is 17.9 Å². The number of amides is 2. The average Bonchev–Trinajstić information content (AvgIpc) is 2.92. The predicted octanol–water partition coefficient (Wildman–Crippen LogP) is 4.82. The Bertz CT molecular complexity index is 1090. The van der Waals surface area contributed by atoms with Crippen LogP contribution in [0.15, 0.2) is 79.2 Å². The molecule has 0 aliphatic carbocycles.